The molecule has 4 heteroatoms. The Labute approximate surface area is 111 Å². The Morgan fingerprint density at radius 2 is 2.00 bits per heavy atom. The van der Waals surface area contributed by atoms with Crippen LogP contribution in [0.4, 0.5) is 0 Å². The van der Waals surface area contributed by atoms with Gasteiger partial charge in [-0.2, -0.15) is 0 Å². The molecular formula is C14H28N2O2. The second-order valence-corrected chi connectivity index (χ2v) is 5.91. The van der Waals surface area contributed by atoms with Crippen LogP contribution in [0.5, 0.6) is 0 Å². The van der Waals surface area contributed by atoms with Crippen molar-refractivity contribution in [2.75, 3.05) is 20.1 Å². The van der Waals surface area contributed by atoms with Crippen LogP contribution < -0.4 is 5.32 Å². The molecule has 0 aromatic rings. The van der Waals surface area contributed by atoms with Gasteiger partial charge in [0, 0.05) is 12.6 Å². The van der Waals surface area contributed by atoms with Crippen LogP contribution in [0, 0.1) is 5.92 Å². The van der Waals surface area contributed by atoms with Gasteiger partial charge in [0.15, 0.2) is 0 Å². The van der Waals surface area contributed by atoms with Gasteiger partial charge < -0.3 is 15.3 Å². The number of nitrogens with zero attached hydrogens (tertiary/aromatic N) is 1. The van der Waals surface area contributed by atoms with Gasteiger partial charge >= 0.3 is 5.97 Å². The molecule has 0 heterocycles. The lowest BCUT2D eigenvalue weighted by Gasteiger charge is -2.23. The molecule has 4 nitrogen and oxygen atoms in total. The molecule has 1 atom stereocenters. The average Bonchev–Trinajstić information content (AvgIpc) is 2.76. The summed E-state index contributed by atoms with van der Waals surface area (Å²) in [5.74, 6) is 0.0919. The maximum Gasteiger partial charge on any atom is 0.320 e. The first-order chi connectivity index (χ1) is 8.49. The number of carboxylic acid groups (broad SMARTS) is 1. The van der Waals surface area contributed by atoms with Gasteiger partial charge in [-0.15, -0.1) is 0 Å². The maximum absolute atomic E-state index is 11.1. The summed E-state index contributed by atoms with van der Waals surface area (Å²) in [6.45, 7) is 5.94. The van der Waals surface area contributed by atoms with Crippen molar-refractivity contribution in [3.63, 3.8) is 0 Å². The molecule has 0 amide bonds. The first-order valence-corrected chi connectivity index (χ1v) is 7.16. The summed E-state index contributed by atoms with van der Waals surface area (Å²) in [5, 5.41) is 12.2. The Kier molecular flexibility index (Phi) is 6.65. The lowest BCUT2D eigenvalue weighted by atomic mass is 10.1. The van der Waals surface area contributed by atoms with Crippen LogP contribution in [0.3, 0.4) is 0 Å². The van der Waals surface area contributed by atoms with E-state index in [9.17, 15) is 4.79 Å². The summed E-state index contributed by atoms with van der Waals surface area (Å²) < 4.78 is 0. The zero-order valence-electron chi connectivity index (χ0n) is 12.0. The summed E-state index contributed by atoms with van der Waals surface area (Å²) >= 11 is 0. The SMILES string of the molecule is CC(C)NC(CCN(C)CC1CCCC1)C(=O)O. The maximum atomic E-state index is 11.1. The van der Waals surface area contributed by atoms with Crippen molar-refractivity contribution in [3.8, 4) is 0 Å². The molecule has 1 fully saturated rings. The number of aliphatic carboxylic acids is 1. The van der Waals surface area contributed by atoms with E-state index >= 15 is 0 Å². The highest BCUT2D eigenvalue weighted by molar-refractivity contribution is 5.73. The van der Waals surface area contributed by atoms with Gasteiger partial charge in [0.1, 0.15) is 6.04 Å². The van der Waals surface area contributed by atoms with Crippen molar-refractivity contribution in [3.05, 3.63) is 0 Å². The lowest BCUT2D eigenvalue weighted by molar-refractivity contribution is -0.139. The second-order valence-electron chi connectivity index (χ2n) is 5.91. The van der Waals surface area contributed by atoms with E-state index in [1.54, 1.807) is 0 Å². The minimum Gasteiger partial charge on any atom is -0.480 e. The van der Waals surface area contributed by atoms with Crippen LogP contribution in [-0.2, 0) is 4.79 Å². The van der Waals surface area contributed by atoms with Crippen molar-refractivity contribution in [2.24, 2.45) is 5.92 Å². The van der Waals surface area contributed by atoms with Crippen molar-refractivity contribution >= 4 is 5.97 Å². The number of hydrogen-bond acceptors (Lipinski definition) is 3. The Hall–Kier alpha value is -0.610. The Bertz CT molecular complexity index is 250. The predicted octanol–water partition coefficient (Wildman–Crippen LogP) is 1.95. The minimum absolute atomic E-state index is 0.214. The van der Waals surface area contributed by atoms with Gasteiger partial charge in [0.2, 0.25) is 0 Å². The fraction of sp³-hybridized carbons (Fsp3) is 0.929. The minimum atomic E-state index is -0.738. The van der Waals surface area contributed by atoms with E-state index in [4.69, 9.17) is 5.11 Å². The van der Waals surface area contributed by atoms with E-state index in [-0.39, 0.29) is 6.04 Å². The predicted molar refractivity (Wildman–Crippen MR) is 73.8 cm³/mol. The fourth-order valence-electron chi connectivity index (χ4n) is 2.75. The number of carboxylic acids is 1. The van der Waals surface area contributed by atoms with Crippen LogP contribution in [-0.4, -0.2) is 48.2 Å². The summed E-state index contributed by atoms with van der Waals surface area (Å²) in [4.78, 5) is 13.4. The lowest BCUT2D eigenvalue weighted by Crippen LogP contribution is -2.43. The van der Waals surface area contributed by atoms with Crippen LogP contribution >= 0.6 is 0 Å². The van der Waals surface area contributed by atoms with E-state index in [2.05, 4.69) is 17.3 Å². The van der Waals surface area contributed by atoms with Crippen molar-refractivity contribution in [1.82, 2.24) is 10.2 Å². The monoisotopic (exact) mass is 256 g/mol. The topological polar surface area (TPSA) is 52.6 Å². The second kappa shape index (κ2) is 7.74. The number of rotatable bonds is 8. The van der Waals surface area contributed by atoms with Gasteiger partial charge in [-0.3, -0.25) is 4.79 Å². The average molecular weight is 256 g/mol. The number of nitrogens with one attached hydrogen (secondary N) is 1. The van der Waals surface area contributed by atoms with E-state index in [1.807, 2.05) is 13.8 Å². The summed E-state index contributed by atoms with van der Waals surface area (Å²) in [6, 6.07) is -0.206. The molecule has 106 valence electrons. The molecule has 0 aromatic carbocycles. The Morgan fingerprint density at radius 1 is 1.39 bits per heavy atom. The molecule has 0 aliphatic heterocycles. The molecule has 0 saturated heterocycles. The molecular weight excluding hydrogens is 228 g/mol. The molecule has 1 rings (SSSR count). The van der Waals surface area contributed by atoms with E-state index in [1.165, 1.54) is 25.7 Å². The molecule has 1 unspecified atom stereocenters. The normalized spacial score (nSPS) is 18.7. The molecule has 0 spiro atoms. The van der Waals surface area contributed by atoms with Gasteiger partial charge in [0.25, 0.3) is 0 Å². The van der Waals surface area contributed by atoms with Crippen LogP contribution in [0.2, 0.25) is 0 Å². The Balaban J connectivity index is 2.25. The highest BCUT2D eigenvalue weighted by Crippen LogP contribution is 2.25. The third-order valence-electron chi connectivity index (χ3n) is 3.68. The standard InChI is InChI=1S/C14H28N2O2/c1-11(2)15-13(14(17)18)8-9-16(3)10-12-6-4-5-7-12/h11-13,15H,4-10H2,1-3H3,(H,17,18). The quantitative estimate of drug-likeness (QED) is 0.697. The molecule has 1 saturated carbocycles. The third kappa shape index (κ3) is 5.83. The largest absolute Gasteiger partial charge is 0.480 e. The molecule has 0 aromatic heterocycles. The van der Waals surface area contributed by atoms with Crippen LogP contribution in [0.1, 0.15) is 46.0 Å². The summed E-state index contributed by atoms with van der Waals surface area (Å²) in [7, 11) is 2.10. The molecule has 0 bridgehead atoms. The first-order valence-electron chi connectivity index (χ1n) is 7.16. The van der Waals surface area contributed by atoms with E-state index in [0.717, 1.165) is 19.0 Å². The number of carbonyl (C=O) groups is 1. The highest BCUT2D eigenvalue weighted by atomic mass is 16.4. The van der Waals surface area contributed by atoms with E-state index < -0.39 is 12.0 Å². The molecule has 2 N–H and O–H groups in total. The highest BCUT2D eigenvalue weighted by Gasteiger charge is 2.20. The van der Waals surface area contributed by atoms with Gasteiger partial charge in [0.05, 0.1) is 0 Å². The van der Waals surface area contributed by atoms with Gasteiger partial charge in [-0.05, 0) is 38.8 Å². The van der Waals surface area contributed by atoms with Gasteiger partial charge in [-0.25, -0.2) is 0 Å². The van der Waals surface area contributed by atoms with Crippen molar-refractivity contribution < 1.29 is 9.90 Å². The third-order valence-corrected chi connectivity index (χ3v) is 3.68. The molecule has 1 aliphatic carbocycles. The summed E-state index contributed by atoms with van der Waals surface area (Å²) in [6.07, 6.45) is 6.10. The Morgan fingerprint density at radius 3 is 2.50 bits per heavy atom. The molecule has 1 aliphatic rings. The zero-order valence-corrected chi connectivity index (χ0v) is 12.0. The smallest absolute Gasteiger partial charge is 0.320 e. The summed E-state index contributed by atoms with van der Waals surface area (Å²) in [5.41, 5.74) is 0. The fourth-order valence-corrected chi connectivity index (χ4v) is 2.75. The van der Waals surface area contributed by atoms with Gasteiger partial charge in [-0.1, -0.05) is 26.7 Å². The molecule has 0 radical (unpaired) electrons. The van der Waals surface area contributed by atoms with E-state index in [0.29, 0.717) is 6.42 Å². The molecule has 18 heavy (non-hydrogen) atoms. The van der Waals surface area contributed by atoms with Crippen LogP contribution in [0.15, 0.2) is 0 Å². The first kappa shape index (κ1) is 15.4. The van der Waals surface area contributed by atoms with Crippen LogP contribution in [0.25, 0.3) is 0 Å². The van der Waals surface area contributed by atoms with Crippen molar-refractivity contribution in [2.45, 2.75) is 58.0 Å². The zero-order chi connectivity index (χ0) is 13.5. The van der Waals surface area contributed by atoms with Crippen molar-refractivity contribution in [1.29, 1.82) is 0 Å². The number of hydrogen-bond donors (Lipinski definition) is 2.